The van der Waals surface area contributed by atoms with Crippen LogP contribution in [0.1, 0.15) is 6.92 Å². The molecule has 0 unspecified atom stereocenters. The maximum atomic E-state index is 11.9. The van der Waals surface area contributed by atoms with E-state index in [1.807, 2.05) is 0 Å². The maximum absolute atomic E-state index is 11.9. The first-order valence-electron chi connectivity index (χ1n) is 9.51. The van der Waals surface area contributed by atoms with E-state index in [4.69, 9.17) is 9.47 Å². The topological polar surface area (TPSA) is 174 Å². The number of phenols is 1. The fourth-order valence-corrected chi connectivity index (χ4v) is 3.79. The largest absolute Gasteiger partial charge is 1.00 e. The number of benzene rings is 3. The van der Waals surface area contributed by atoms with Crippen molar-refractivity contribution in [3.63, 3.8) is 0 Å². The smallest absolute Gasteiger partial charge is 0.744 e. The molecule has 0 atom stereocenters. The van der Waals surface area contributed by atoms with E-state index in [1.165, 1.54) is 52.5 Å². The number of hydrogen-bond acceptors (Lipinski definition) is 11. The molecule has 12 nitrogen and oxygen atoms in total. The predicted molar refractivity (Wildman–Crippen MR) is 121 cm³/mol. The Morgan fingerprint density at radius 3 is 2.11 bits per heavy atom. The summed E-state index contributed by atoms with van der Waals surface area (Å²) in [6.45, 7) is 1.26. The van der Waals surface area contributed by atoms with Crippen molar-refractivity contribution in [2.45, 2.75) is 11.8 Å². The van der Waals surface area contributed by atoms with E-state index in [9.17, 15) is 22.9 Å². The van der Waals surface area contributed by atoms with E-state index in [2.05, 4.69) is 31.8 Å². The summed E-state index contributed by atoms with van der Waals surface area (Å²) in [7, 11) is -0.842. The van der Waals surface area contributed by atoms with Gasteiger partial charge in [-0.15, -0.1) is 15.6 Å². The molecule has 178 valence electrons. The number of methoxy groups -OCH3 is 2. The van der Waals surface area contributed by atoms with Crippen molar-refractivity contribution in [3.8, 4) is 17.2 Å². The third-order valence-electron chi connectivity index (χ3n) is 4.53. The number of hydrogen-bond donors (Lipinski definition) is 2. The number of aromatic hydroxyl groups is 1. The number of nitrogens with zero attached hydrogens (tertiary/aromatic N) is 4. The summed E-state index contributed by atoms with van der Waals surface area (Å²) in [5.41, 5.74) is -0.0408. The van der Waals surface area contributed by atoms with Gasteiger partial charge in [-0.1, -0.05) is 17.1 Å². The quantitative estimate of drug-likeness (QED) is 0.159. The zero-order valence-corrected chi connectivity index (χ0v) is 25.3. The van der Waals surface area contributed by atoms with Crippen LogP contribution in [0, 0.1) is 6.07 Å². The van der Waals surface area contributed by atoms with Gasteiger partial charge in [-0.05, 0) is 0 Å². The second kappa shape index (κ2) is 13.4. The minimum Gasteiger partial charge on any atom is -0.744 e. The number of ether oxygens (including phenoxy) is 2. The Morgan fingerprint density at radius 1 is 1.03 bits per heavy atom. The average molecular weight is 531 g/mol. The van der Waals surface area contributed by atoms with Crippen LogP contribution >= 0.6 is 0 Å². The minimum atomic E-state index is -5.08. The molecule has 0 aliphatic carbocycles. The number of anilines is 1. The Labute approximate surface area is 251 Å². The van der Waals surface area contributed by atoms with Crippen LogP contribution in [0.3, 0.4) is 0 Å². The first-order chi connectivity index (χ1) is 16.1. The molecule has 0 saturated carbocycles. The third-order valence-corrected chi connectivity index (χ3v) is 5.38. The van der Waals surface area contributed by atoms with Gasteiger partial charge in [0.15, 0.2) is 0 Å². The van der Waals surface area contributed by atoms with Crippen LogP contribution in [0.4, 0.5) is 22.7 Å². The van der Waals surface area contributed by atoms with Crippen LogP contribution in [0.25, 0.3) is 10.8 Å². The maximum Gasteiger partial charge on any atom is 1.00 e. The van der Waals surface area contributed by atoms with E-state index < -0.39 is 32.4 Å². The Bertz CT molecular complexity index is 1450. The molecule has 3 aromatic carbocycles. The van der Waals surface area contributed by atoms with Gasteiger partial charge in [-0.3, -0.25) is 4.79 Å². The SMILES string of the molecule is CN=Nc1cc(OC)c(N=Nc2c(S(=O)(=O)[O-])cc3c[c-]cc(NC(C)=O)c3c2O)cc1OC.[Na+].[Na+]. The van der Waals surface area contributed by atoms with Crippen molar-refractivity contribution in [2.24, 2.45) is 20.5 Å². The number of carbonyl (C=O) groups excluding carboxylic acids is 1. The summed E-state index contributed by atoms with van der Waals surface area (Å²) in [4.78, 5) is 10.8. The second-order valence-corrected chi connectivity index (χ2v) is 8.08. The molecule has 3 rings (SSSR count). The zero-order chi connectivity index (χ0) is 25.0. The molecule has 15 heteroatoms. The van der Waals surface area contributed by atoms with Crippen LogP contribution in [-0.4, -0.2) is 45.3 Å². The van der Waals surface area contributed by atoms with Crippen molar-refractivity contribution < 1.29 is 91.5 Å². The van der Waals surface area contributed by atoms with Gasteiger partial charge < -0.3 is 24.4 Å². The molecule has 0 heterocycles. The molecule has 36 heavy (non-hydrogen) atoms. The second-order valence-electron chi connectivity index (χ2n) is 6.74. The average Bonchev–Trinajstić information content (AvgIpc) is 2.77. The molecule has 0 bridgehead atoms. The van der Waals surface area contributed by atoms with E-state index in [1.54, 1.807) is 0 Å². The van der Waals surface area contributed by atoms with Crippen LogP contribution in [0.2, 0.25) is 0 Å². The molecular weight excluding hydrogens is 512 g/mol. The normalized spacial score (nSPS) is 11.2. The number of amides is 1. The van der Waals surface area contributed by atoms with Gasteiger partial charge in [-0.2, -0.15) is 28.4 Å². The van der Waals surface area contributed by atoms with Crippen LogP contribution in [-0.2, 0) is 14.9 Å². The Balaban J connectivity index is 0.00000324. The summed E-state index contributed by atoms with van der Waals surface area (Å²) in [6.07, 6.45) is 0. The number of nitrogens with one attached hydrogen (secondary N) is 1. The summed E-state index contributed by atoms with van der Waals surface area (Å²) in [6, 6.07) is 9.35. The molecule has 0 saturated heterocycles. The summed E-state index contributed by atoms with van der Waals surface area (Å²) >= 11 is 0. The number of azo groups is 2. The minimum absolute atomic E-state index is 0. The molecule has 0 aliphatic heterocycles. The Morgan fingerprint density at radius 2 is 1.61 bits per heavy atom. The summed E-state index contributed by atoms with van der Waals surface area (Å²) in [5.74, 6) is -0.656. The van der Waals surface area contributed by atoms with Crippen molar-refractivity contribution >= 4 is 49.5 Å². The number of phenolic OH excluding ortho intramolecular Hbond substituents is 1. The summed E-state index contributed by atoms with van der Waals surface area (Å²) in [5, 5.41) is 29.1. The Kier molecular flexibility index (Phi) is 11.9. The van der Waals surface area contributed by atoms with Crippen molar-refractivity contribution in [1.29, 1.82) is 0 Å². The van der Waals surface area contributed by atoms with E-state index in [-0.39, 0.29) is 92.8 Å². The fraction of sp³-hybridized carbons (Fsp3) is 0.190. The van der Waals surface area contributed by atoms with Crippen LogP contribution < -0.4 is 73.9 Å². The van der Waals surface area contributed by atoms with Crippen molar-refractivity contribution in [3.05, 3.63) is 36.4 Å². The molecular formula is C21H19N5Na2O7S. The third kappa shape index (κ3) is 7.01. The van der Waals surface area contributed by atoms with E-state index in [0.29, 0.717) is 5.69 Å². The number of fused-ring (bicyclic) bond motifs is 1. The monoisotopic (exact) mass is 531 g/mol. The van der Waals surface area contributed by atoms with E-state index in [0.717, 1.165) is 6.07 Å². The number of rotatable bonds is 7. The fourth-order valence-electron chi connectivity index (χ4n) is 3.15. The first kappa shape index (κ1) is 31.9. The molecule has 0 aromatic heterocycles. The van der Waals surface area contributed by atoms with Gasteiger partial charge in [0.1, 0.15) is 44.4 Å². The molecule has 1 amide bonds. The van der Waals surface area contributed by atoms with Gasteiger partial charge >= 0.3 is 59.1 Å². The zero-order valence-electron chi connectivity index (χ0n) is 20.5. The van der Waals surface area contributed by atoms with Gasteiger partial charge in [0.25, 0.3) is 0 Å². The van der Waals surface area contributed by atoms with Crippen molar-refractivity contribution in [2.75, 3.05) is 26.6 Å². The van der Waals surface area contributed by atoms with Gasteiger partial charge in [-0.25, -0.2) is 8.42 Å². The van der Waals surface area contributed by atoms with Crippen LogP contribution in [0.15, 0.2) is 55.7 Å². The molecule has 0 aliphatic rings. The Hall–Kier alpha value is -2.10. The van der Waals surface area contributed by atoms with Crippen molar-refractivity contribution in [1.82, 2.24) is 0 Å². The van der Waals surface area contributed by atoms with E-state index >= 15 is 0 Å². The molecule has 0 radical (unpaired) electrons. The summed E-state index contributed by atoms with van der Waals surface area (Å²) < 4.78 is 46.4. The predicted octanol–water partition coefficient (Wildman–Crippen LogP) is -1.64. The number of carbonyl (C=O) groups is 1. The molecule has 0 fully saturated rings. The first-order valence-corrected chi connectivity index (χ1v) is 10.9. The van der Waals surface area contributed by atoms with Crippen LogP contribution in [0.5, 0.6) is 17.2 Å². The molecule has 0 spiro atoms. The standard InChI is InChI=1S/C21H20N5O7S.2Na/c1-11(27)23-13-7-5-6-12-8-18(34(29,30)31)20(21(28)19(12)13)26-25-15-10-16(32-3)14(24-22-2)9-17(15)33-4;;/h6-10,28H,1-4H3,(H,23,27)(H,29,30,31);;/q-1;2*+1/p-1. The van der Waals surface area contributed by atoms with Gasteiger partial charge in [0.05, 0.1) is 19.1 Å². The van der Waals surface area contributed by atoms with Gasteiger partial charge in [0.2, 0.25) is 5.91 Å². The van der Waals surface area contributed by atoms with Gasteiger partial charge in [0, 0.05) is 26.1 Å². The molecule has 3 aromatic rings. The molecule has 2 N–H and O–H groups in total.